The average molecular weight is 604 g/mol. The Bertz CT molecular complexity index is 1640. The average Bonchev–Trinajstić information content (AvgIpc) is 3.68. The minimum atomic E-state index is -3.01. The number of benzene rings is 1. The van der Waals surface area contributed by atoms with E-state index in [0.29, 0.717) is 24.7 Å². The maximum Gasteiger partial charge on any atom is 0.226 e. The van der Waals surface area contributed by atoms with E-state index in [1.165, 1.54) is 12.0 Å². The lowest BCUT2D eigenvalue weighted by molar-refractivity contribution is -0.137. The third kappa shape index (κ3) is 5.71. The number of sulfone groups is 1. The van der Waals surface area contributed by atoms with Crippen molar-refractivity contribution in [2.75, 3.05) is 55.7 Å². The van der Waals surface area contributed by atoms with Crippen LogP contribution in [0.2, 0.25) is 0 Å². The summed E-state index contributed by atoms with van der Waals surface area (Å²) in [5.41, 5.74) is 3.51. The van der Waals surface area contributed by atoms with E-state index in [0.717, 1.165) is 93.8 Å². The Morgan fingerprint density at radius 1 is 0.930 bits per heavy atom. The first kappa shape index (κ1) is 28.2. The van der Waals surface area contributed by atoms with Crippen LogP contribution in [0.5, 0.6) is 0 Å². The highest BCUT2D eigenvalue weighted by atomic mass is 32.2. The number of carbonyl (C=O) groups is 1. The molecular formula is C32H41N7O3S. The van der Waals surface area contributed by atoms with Crippen LogP contribution in [0.25, 0.3) is 16.7 Å². The maximum absolute atomic E-state index is 13.3. The van der Waals surface area contributed by atoms with E-state index in [1.807, 2.05) is 12.3 Å². The molecule has 2 saturated heterocycles. The van der Waals surface area contributed by atoms with E-state index < -0.39 is 9.84 Å². The van der Waals surface area contributed by atoms with Crippen molar-refractivity contribution in [3.05, 3.63) is 54.5 Å². The molecule has 4 aliphatic rings. The van der Waals surface area contributed by atoms with Crippen LogP contribution in [0.4, 0.5) is 11.6 Å². The van der Waals surface area contributed by atoms with Gasteiger partial charge in [0.05, 0.1) is 17.3 Å². The smallest absolute Gasteiger partial charge is 0.226 e. The van der Waals surface area contributed by atoms with E-state index >= 15 is 0 Å². The third-order valence-corrected chi connectivity index (χ3v) is 11.6. The van der Waals surface area contributed by atoms with E-state index in [1.54, 1.807) is 6.20 Å². The fourth-order valence-corrected chi connectivity index (χ4v) is 8.48. The van der Waals surface area contributed by atoms with Crippen molar-refractivity contribution >= 4 is 38.3 Å². The SMILES string of the molecule is CS(=O)(=O)C1CCN(c2cccc3c2ccn3-c2ccnc(NC3CCC(C(=O)N4CCN5CCC=C5C4)CC3)n2)CC1. The van der Waals surface area contributed by atoms with Crippen LogP contribution in [0, 0.1) is 5.92 Å². The van der Waals surface area contributed by atoms with Crippen molar-refractivity contribution in [2.24, 2.45) is 5.92 Å². The molecule has 5 heterocycles. The molecule has 3 aliphatic heterocycles. The molecule has 228 valence electrons. The number of hydrogen-bond acceptors (Lipinski definition) is 8. The maximum atomic E-state index is 13.3. The van der Waals surface area contributed by atoms with Gasteiger partial charge in [0.15, 0.2) is 0 Å². The highest BCUT2D eigenvalue weighted by Crippen LogP contribution is 2.33. The number of hydrogen-bond donors (Lipinski definition) is 1. The lowest BCUT2D eigenvalue weighted by Crippen LogP contribution is -2.48. The largest absolute Gasteiger partial charge is 0.372 e. The number of anilines is 2. The summed E-state index contributed by atoms with van der Waals surface area (Å²) in [6.07, 6.45) is 13.5. The quantitative estimate of drug-likeness (QED) is 0.454. The summed E-state index contributed by atoms with van der Waals surface area (Å²) in [6.45, 7) is 5.14. The summed E-state index contributed by atoms with van der Waals surface area (Å²) < 4.78 is 26.1. The predicted molar refractivity (Wildman–Crippen MR) is 169 cm³/mol. The second kappa shape index (κ2) is 11.5. The minimum absolute atomic E-state index is 0.108. The van der Waals surface area contributed by atoms with Crippen molar-refractivity contribution < 1.29 is 13.2 Å². The number of amides is 1. The van der Waals surface area contributed by atoms with Gasteiger partial charge in [-0.2, -0.15) is 4.98 Å². The van der Waals surface area contributed by atoms with Gasteiger partial charge in [-0.25, -0.2) is 13.4 Å². The molecule has 1 aliphatic carbocycles. The predicted octanol–water partition coefficient (Wildman–Crippen LogP) is 3.84. The molecule has 43 heavy (non-hydrogen) atoms. The van der Waals surface area contributed by atoms with Gasteiger partial charge in [0.25, 0.3) is 0 Å². The Hall–Kier alpha value is -3.60. The monoisotopic (exact) mass is 603 g/mol. The van der Waals surface area contributed by atoms with Crippen LogP contribution in [0.15, 0.2) is 54.5 Å². The van der Waals surface area contributed by atoms with E-state index in [9.17, 15) is 13.2 Å². The molecule has 7 rings (SSSR count). The Labute approximate surface area is 253 Å². The fourth-order valence-electron chi connectivity index (χ4n) is 7.41. The number of nitrogens with one attached hydrogen (secondary N) is 1. The zero-order valence-electron chi connectivity index (χ0n) is 24.9. The molecule has 0 unspecified atom stereocenters. The molecule has 1 saturated carbocycles. The molecule has 0 atom stereocenters. The molecule has 2 aromatic heterocycles. The van der Waals surface area contributed by atoms with Gasteiger partial charge in [-0.1, -0.05) is 12.1 Å². The molecule has 11 heteroatoms. The number of fused-ring (bicyclic) bond motifs is 2. The van der Waals surface area contributed by atoms with Crippen LogP contribution < -0.4 is 10.2 Å². The van der Waals surface area contributed by atoms with Crippen LogP contribution in [0.1, 0.15) is 44.9 Å². The molecule has 10 nitrogen and oxygen atoms in total. The number of carbonyl (C=O) groups excluding carboxylic acids is 1. The van der Waals surface area contributed by atoms with E-state index in [2.05, 4.69) is 59.9 Å². The van der Waals surface area contributed by atoms with Crippen molar-refractivity contribution in [3.8, 4) is 5.82 Å². The molecule has 1 N–H and O–H groups in total. The molecule has 1 amide bonds. The molecule has 1 aromatic carbocycles. The first-order valence-corrected chi connectivity index (χ1v) is 17.7. The van der Waals surface area contributed by atoms with E-state index in [-0.39, 0.29) is 17.2 Å². The normalized spacial score (nSPS) is 23.4. The Morgan fingerprint density at radius 2 is 1.74 bits per heavy atom. The van der Waals surface area contributed by atoms with Crippen molar-refractivity contribution in [2.45, 2.75) is 56.2 Å². The standard InChI is InChI=1S/C32H41N7O3S/c1-43(41,42)26-12-17-37(18-13-26)28-5-2-6-29-27(28)14-19-39(29)30-11-15-33-32(35-30)34-24-9-7-23(8-10-24)31(40)38-21-20-36-16-3-4-25(36)22-38/h2,4-6,11,14-15,19,23-24,26H,3,7-10,12-13,16-18,20-22H2,1H3,(H,33,34,35). The highest BCUT2D eigenvalue weighted by Gasteiger charge is 2.33. The van der Waals surface area contributed by atoms with Crippen LogP contribution in [-0.4, -0.2) is 95.5 Å². The number of piperidine rings is 1. The summed E-state index contributed by atoms with van der Waals surface area (Å²) >= 11 is 0. The fraction of sp³-hybridized carbons (Fsp3) is 0.531. The lowest BCUT2D eigenvalue weighted by Gasteiger charge is -2.38. The van der Waals surface area contributed by atoms with Gasteiger partial charge in [0.1, 0.15) is 15.7 Å². The second-order valence-electron chi connectivity index (χ2n) is 12.6. The van der Waals surface area contributed by atoms with E-state index in [4.69, 9.17) is 4.98 Å². The number of aromatic nitrogens is 3. The van der Waals surface area contributed by atoms with Gasteiger partial charge in [-0.3, -0.25) is 4.79 Å². The van der Waals surface area contributed by atoms with Crippen LogP contribution in [-0.2, 0) is 14.6 Å². The first-order valence-electron chi connectivity index (χ1n) is 15.7. The van der Waals surface area contributed by atoms with Crippen LogP contribution >= 0.6 is 0 Å². The topological polar surface area (TPSA) is 104 Å². The lowest BCUT2D eigenvalue weighted by atomic mass is 9.85. The Balaban J connectivity index is 0.992. The molecule has 0 spiro atoms. The highest BCUT2D eigenvalue weighted by molar-refractivity contribution is 7.91. The summed E-state index contributed by atoms with van der Waals surface area (Å²) in [5.74, 6) is 1.83. The van der Waals surface area contributed by atoms with Gasteiger partial charge >= 0.3 is 0 Å². The van der Waals surface area contributed by atoms with Gasteiger partial charge in [0.2, 0.25) is 11.9 Å². The second-order valence-corrected chi connectivity index (χ2v) is 14.9. The van der Waals surface area contributed by atoms with Gasteiger partial charge in [-0.05, 0) is 69.2 Å². The van der Waals surface area contributed by atoms with Gasteiger partial charge < -0.3 is 24.6 Å². The summed E-state index contributed by atoms with van der Waals surface area (Å²) in [5, 5.41) is 4.42. The van der Waals surface area contributed by atoms with Crippen molar-refractivity contribution in [3.63, 3.8) is 0 Å². The third-order valence-electron chi connectivity index (χ3n) is 9.88. The molecule has 3 aromatic rings. The zero-order valence-corrected chi connectivity index (χ0v) is 25.7. The summed E-state index contributed by atoms with van der Waals surface area (Å²) in [7, 11) is -3.01. The summed E-state index contributed by atoms with van der Waals surface area (Å²) in [6, 6.07) is 10.6. The number of rotatable bonds is 6. The number of nitrogens with zero attached hydrogens (tertiary/aromatic N) is 6. The summed E-state index contributed by atoms with van der Waals surface area (Å²) in [4.78, 5) is 29.5. The van der Waals surface area contributed by atoms with Gasteiger partial charge in [0, 0.05) is 80.1 Å². The number of piperazine rings is 1. The van der Waals surface area contributed by atoms with Gasteiger partial charge in [-0.15, -0.1) is 0 Å². The van der Waals surface area contributed by atoms with Crippen LogP contribution in [0.3, 0.4) is 0 Å². The molecule has 0 bridgehead atoms. The Morgan fingerprint density at radius 3 is 2.53 bits per heavy atom. The zero-order chi connectivity index (χ0) is 29.6. The molecular weight excluding hydrogens is 562 g/mol. The Kier molecular flexibility index (Phi) is 7.53. The van der Waals surface area contributed by atoms with Crippen molar-refractivity contribution in [1.29, 1.82) is 0 Å². The first-order chi connectivity index (χ1) is 20.8. The minimum Gasteiger partial charge on any atom is -0.372 e. The van der Waals surface area contributed by atoms with Crippen molar-refractivity contribution in [1.82, 2.24) is 24.3 Å². The molecule has 0 radical (unpaired) electrons. The molecule has 3 fully saturated rings.